The number of nitrogens with one attached hydrogen (secondary N) is 3. The number of benzene rings is 3. The van der Waals surface area contributed by atoms with Crippen molar-refractivity contribution < 1.29 is 13.9 Å². The molecule has 6 heterocycles. The maximum atomic E-state index is 15.3. The summed E-state index contributed by atoms with van der Waals surface area (Å²) >= 11 is 0. The smallest absolute Gasteiger partial charge is 0.237 e. The number of hydrogen-bond donors (Lipinski definition) is 3. The Hall–Kier alpha value is -5.55. The lowest BCUT2D eigenvalue weighted by molar-refractivity contribution is -0.122. The first-order chi connectivity index (χ1) is 27.3. The third-order valence-corrected chi connectivity index (χ3v) is 12.3. The molecule has 5 aromatic rings. The Morgan fingerprint density at radius 3 is 2.55 bits per heavy atom. The van der Waals surface area contributed by atoms with Crippen molar-refractivity contribution in [3.05, 3.63) is 108 Å². The van der Waals surface area contributed by atoms with E-state index in [9.17, 15) is 4.79 Å². The molecule has 1 atom stereocenters. The van der Waals surface area contributed by atoms with Crippen molar-refractivity contribution in [1.82, 2.24) is 25.2 Å². The van der Waals surface area contributed by atoms with Gasteiger partial charge in [-0.3, -0.25) is 4.79 Å². The van der Waals surface area contributed by atoms with Crippen molar-refractivity contribution in [2.45, 2.75) is 57.3 Å². The maximum Gasteiger partial charge on any atom is 0.237 e. The van der Waals surface area contributed by atoms with Crippen LogP contribution in [0, 0.1) is 18.7 Å². The molecule has 56 heavy (non-hydrogen) atoms. The SMILES string of the molecule is C=C1CCC(c2ccc(C3CCN(CC4CCN(c5ccc(Nc6ncc7ccc(-c8cnc9c(c8C)NCCO9)cc7n6)cc5)CC4)CC3)c(F)c2)C(=O)N1. The van der Waals surface area contributed by atoms with E-state index in [4.69, 9.17) is 9.72 Å². The normalized spacial score (nSPS) is 19.6. The quantitative estimate of drug-likeness (QED) is 0.144. The molecular weight excluding hydrogens is 704 g/mol. The van der Waals surface area contributed by atoms with Gasteiger partial charge in [-0.25, -0.2) is 19.3 Å². The topological polar surface area (TPSA) is 108 Å². The Kier molecular flexibility index (Phi) is 10.0. The highest BCUT2D eigenvalue weighted by Gasteiger charge is 2.29. The van der Waals surface area contributed by atoms with Crippen molar-refractivity contribution in [3.8, 4) is 17.0 Å². The van der Waals surface area contributed by atoms with Crippen LogP contribution >= 0.6 is 0 Å². The lowest BCUT2D eigenvalue weighted by Crippen LogP contribution is -2.41. The summed E-state index contributed by atoms with van der Waals surface area (Å²) in [5, 5.41) is 10.6. The molecular formula is C45H49FN8O2. The summed E-state index contributed by atoms with van der Waals surface area (Å²) in [6.45, 7) is 12.5. The monoisotopic (exact) mass is 752 g/mol. The first kappa shape index (κ1) is 36.1. The van der Waals surface area contributed by atoms with Crippen molar-refractivity contribution in [1.29, 1.82) is 0 Å². The molecule has 3 N–H and O–H groups in total. The summed E-state index contributed by atoms with van der Waals surface area (Å²) < 4.78 is 21.1. The number of carbonyl (C=O) groups excluding carboxylic acids is 1. The molecule has 4 aliphatic heterocycles. The van der Waals surface area contributed by atoms with Crippen LogP contribution in [0.25, 0.3) is 22.0 Å². The van der Waals surface area contributed by atoms with E-state index in [0.717, 1.165) is 127 Å². The second kappa shape index (κ2) is 15.5. The molecule has 4 aliphatic rings. The highest BCUT2D eigenvalue weighted by atomic mass is 19.1. The van der Waals surface area contributed by atoms with E-state index >= 15 is 4.39 Å². The number of nitrogens with zero attached hydrogens (tertiary/aromatic N) is 5. The number of anilines is 4. The zero-order chi connectivity index (χ0) is 38.2. The molecule has 2 aromatic heterocycles. The van der Waals surface area contributed by atoms with Gasteiger partial charge >= 0.3 is 0 Å². The lowest BCUT2D eigenvalue weighted by Gasteiger charge is -2.38. The second-order valence-corrected chi connectivity index (χ2v) is 15.9. The van der Waals surface area contributed by atoms with E-state index in [1.807, 2.05) is 24.5 Å². The number of piperidine rings is 3. The number of amides is 1. The molecule has 0 aliphatic carbocycles. The zero-order valence-corrected chi connectivity index (χ0v) is 32.0. The number of halogens is 1. The number of likely N-dealkylation sites (tertiary alicyclic amines) is 1. The van der Waals surface area contributed by atoms with E-state index in [1.54, 1.807) is 6.07 Å². The van der Waals surface area contributed by atoms with Crippen molar-refractivity contribution in [2.24, 2.45) is 5.92 Å². The van der Waals surface area contributed by atoms with Crippen LogP contribution in [0.3, 0.4) is 0 Å². The summed E-state index contributed by atoms with van der Waals surface area (Å²) in [6.07, 6.45) is 9.41. The number of fused-ring (bicyclic) bond motifs is 2. The maximum absolute atomic E-state index is 15.3. The lowest BCUT2D eigenvalue weighted by atomic mass is 9.85. The number of rotatable bonds is 8. The molecule has 0 bridgehead atoms. The van der Waals surface area contributed by atoms with E-state index in [0.29, 0.717) is 30.8 Å². The van der Waals surface area contributed by atoms with Crippen LogP contribution in [0.2, 0.25) is 0 Å². The summed E-state index contributed by atoms with van der Waals surface area (Å²) in [6, 6.07) is 20.3. The number of aromatic nitrogens is 3. The molecule has 0 spiro atoms. The molecule has 288 valence electrons. The van der Waals surface area contributed by atoms with Gasteiger partial charge in [-0.15, -0.1) is 0 Å². The third-order valence-electron chi connectivity index (χ3n) is 12.3. The van der Waals surface area contributed by atoms with E-state index < -0.39 is 0 Å². The van der Waals surface area contributed by atoms with Crippen molar-refractivity contribution >= 4 is 39.8 Å². The van der Waals surface area contributed by atoms with E-state index in [2.05, 4.69) is 91.7 Å². The number of carbonyl (C=O) groups is 1. The van der Waals surface area contributed by atoms with Gasteiger partial charge < -0.3 is 30.5 Å². The van der Waals surface area contributed by atoms with Gasteiger partial charge in [0.25, 0.3) is 0 Å². The molecule has 0 saturated carbocycles. The predicted molar refractivity (Wildman–Crippen MR) is 220 cm³/mol. The Balaban J connectivity index is 0.756. The minimum atomic E-state index is -0.302. The molecule has 3 fully saturated rings. The predicted octanol–water partition coefficient (Wildman–Crippen LogP) is 8.29. The van der Waals surface area contributed by atoms with Crippen LogP contribution in [-0.2, 0) is 4.79 Å². The van der Waals surface area contributed by atoms with Crippen molar-refractivity contribution in [2.75, 3.05) is 61.4 Å². The molecule has 1 amide bonds. The Morgan fingerprint density at radius 1 is 0.946 bits per heavy atom. The summed E-state index contributed by atoms with van der Waals surface area (Å²) in [5.41, 5.74) is 9.52. The second-order valence-electron chi connectivity index (χ2n) is 15.9. The van der Waals surface area contributed by atoms with Gasteiger partial charge in [0.2, 0.25) is 17.7 Å². The minimum Gasteiger partial charge on any atom is -0.474 e. The van der Waals surface area contributed by atoms with E-state index in [1.165, 1.54) is 5.69 Å². The van der Waals surface area contributed by atoms with Crippen LogP contribution in [0.4, 0.5) is 27.4 Å². The molecule has 11 heteroatoms. The van der Waals surface area contributed by atoms with Gasteiger partial charge in [-0.05, 0) is 129 Å². The molecule has 3 aromatic carbocycles. The standard InChI is InChI=1S/C45H49FN8O2/c1-28-3-11-38(43(55)50-28)32-6-12-37(40(46)23-32)31-15-18-53(19-16-31)27-30-13-20-54(21-14-30)36-9-7-35(8-10-36)51-45-49-25-34-5-4-33(24-41(34)52-45)39-26-48-44-42(29(39)2)47-17-22-56-44/h4-10,12,23-26,30-31,38,47H,1,3,11,13-22,27H2,2H3,(H,50,55)(H,49,51,52). The fraction of sp³-hybridized carbons (Fsp3) is 0.378. The Morgan fingerprint density at radius 2 is 1.77 bits per heavy atom. The van der Waals surface area contributed by atoms with Crippen LogP contribution in [0.15, 0.2) is 85.3 Å². The Bertz CT molecular complexity index is 2260. The number of ether oxygens (including phenoxy) is 1. The minimum absolute atomic E-state index is 0.0778. The van der Waals surface area contributed by atoms with Crippen molar-refractivity contribution in [3.63, 3.8) is 0 Å². The molecule has 3 saturated heterocycles. The average molecular weight is 753 g/mol. The summed E-state index contributed by atoms with van der Waals surface area (Å²) in [7, 11) is 0. The highest BCUT2D eigenvalue weighted by molar-refractivity contribution is 5.87. The fourth-order valence-corrected chi connectivity index (χ4v) is 9.00. The van der Waals surface area contributed by atoms with Crippen LogP contribution < -0.4 is 25.6 Å². The van der Waals surface area contributed by atoms with Gasteiger partial charge in [0.15, 0.2) is 0 Å². The van der Waals surface area contributed by atoms with Crippen LogP contribution in [-0.4, -0.2) is 71.6 Å². The van der Waals surface area contributed by atoms with Crippen LogP contribution in [0.5, 0.6) is 5.88 Å². The summed E-state index contributed by atoms with van der Waals surface area (Å²) in [4.78, 5) is 31.5. The van der Waals surface area contributed by atoms with Crippen LogP contribution in [0.1, 0.15) is 67.1 Å². The third kappa shape index (κ3) is 7.52. The number of allylic oxidation sites excluding steroid dienone is 1. The average Bonchev–Trinajstić information content (AvgIpc) is 3.22. The summed E-state index contributed by atoms with van der Waals surface area (Å²) in [5.74, 6) is 1.56. The van der Waals surface area contributed by atoms with Gasteiger partial charge in [0, 0.05) is 66.6 Å². The van der Waals surface area contributed by atoms with Gasteiger partial charge in [-0.2, -0.15) is 0 Å². The molecule has 10 nitrogen and oxygen atoms in total. The largest absolute Gasteiger partial charge is 0.474 e. The Labute approximate surface area is 327 Å². The van der Waals surface area contributed by atoms with Gasteiger partial charge in [-0.1, -0.05) is 30.8 Å². The molecule has 9 rings (SSSR count). The van der Waals surface area contributed by atoms with Gasteiger partial charge in [0.05, 0.1) is 11.4 Å². The number of hydrogen-bond acceptors (Lipinski definition) is 9. The molecule has 0 radical (unpaired) electrons. The number of pyridine rings is 1. The highest BCUT2D eigenvalue weighted by Crippen LogP contribution is 2.37. The molecule has 1 unspecified atom stereocenters. The fourth-order valence-electron chi connectivity index (χ4n) is 9.00. The first-order valence-corrected chi connectivity index (χ1v) is 20.1. The zero-order valence-electron chi connectivity index (χ0n) is 32.0. The first-order valence-electron chi connectivity index (χ1n) is 20.1. The van der Waals surface area contributed by atoms with Gasteiger partial charge in [0.1, 0.15) is 18.1 Å². The van der Waals surface area contributed by atoms with E-state index in [-0.39, 0.29) is 23.6 Å².